The molecule has 1 aliphatic carbocycles. The number of fused-ring (bicyclic) bond motifs is 5. The summed E-state index contributed by atoms with van der Waals surface area (Å²) in [5.74, 6) is 0.718. The smallest absolute Gasteiger partial charge is 0.160 e. The number of aromatic nitrogens is 2. The van der Waals surface area contributed by atoms with Crippen LogP contribution < -0.4 is 0 Å². The molecular formula is C51H36N2. The molecule has 0 saturated heterocycles. The van der Waals surface area contributed by atoms with Gasteiger partial charge in [0.15, 0.2) is 5.82 Å². The Balaban J connectivity index is 1.12. The van der Waals surface area contributed by atoms with Crippen LogP contribution in [-0.4, -0.2) is 9.97 Å². The molecule has 8 aromatic carbocycles. The zero-order valence-electron chi connectivity index (χ0n) is 29.7. The molecule has 0 radical (unpaired) electrons. The van der Waals surface area contributed by atoms with Gasteiger partial charge in [-0.2, -0.15) is 0 Å². The predicted octanol–water partition coefficient (Wildman–Crippen LogP) is 13.4. The largest absolute Gasteiger partial charge is 0.228 e. The van der Waals surface area contributed by atoms with Gasteiger partial charge in [0.05, 0.1) is 11.4 Å². The van der Waals surface area contributed by atoms with Crippen molar-refractivity contribution in [2.45, 2.75) is 19.3 Å². The molecule has 1 aliphatic rings. The first kappa shape index (κ1) is 31.1. The maximum Gasteiger partial charge on any atom is 0.160 e. The van der Waals surface area contributed by atoms with Gasteiger partial charge in [-0.25, -0.2) is 9.97 Å². The van der Waals surface area contributed by atoms with Gasteiger partial charge in [0.1, 0.15) is 0 Å². The molecule has 0 unspecified atom stereocenters. The first-order valence-corrected chi connectivity index (χ1v) is 18.3. The van der Waals surface area contributed by atoms with E-state index in [4.69, 9.17) is 9.97 Å². The molecular weight excluding hydrogens is 641 g/mol. The first-order valence-electron chi connectivity index (χ1n) is 18.3. The fourth-order valence-electron chi connectivity index (χ4n) is 8.47. The van der Waals surface area contributed by atoms with Crippen LogP contribution in [0, 0.1) is 0 Å². The molecule has 53 heavy (non-hydrogen) atoms. The first-order chi connectivity index (χ1) is 26.0. The summed E-state index contributed by atoms with van der Waals surface area (Å²) in [6, 6.07) is 65.4. The Labute approximate surface area is 310 Å². The van der Waals surface area contributed by atoms with Crippen LogP contribution in [0.5, 0.6) is 0 Å². The molecule has 1 heterocycles. The third-order valence-electron chi connectivity index (χ3n) is 11.1. The van der Waals surface area contributed by atoms with Gasteiger partial charge in [-0.05, 0) is 78.2 Å². The minimum Gasteiger partial charge on any atom is -0.228 e. The number of benzene rings is 8. The SMILES string of the molecule is CC1(C)c2ccccc2-c2ccc(-c3ccc(-c4ccc(-c5cc(-c6ccccc6)nc(-c6ccccc6)n5)c5ccccc45)c4ccccc34)cc21. The average Bonchev–Trinajstić information content (AvgIpc) is 3.46. The highest BCUT2D eigenvalue weighted by atomic mass is 14.9. The summed E-state index contributed by atoms with van der Waals surface area (Å²) >= 11 is 0. The maximum absolute atomic E-state index is 5.18. The maximum atomic E-state index is 5.18. The van der Waals surface area contributed by atoms with Crippen LogP contribution in [0.25, 0.3) is 88.8 Å². The van der Waals surface area contributed by atoms with Gasteiger partial charge >= 0.3 is 0 Å². The highest BCUT2D eigenvalue weighted by molar-refractivity contribution is 6.12. The zero-order valence-corrected chi connectivity index (χ0v) is 29.7. The molecule has 2 heteroatoms. The molecule has 2 nitrogen and oxygen atoms in total. The fourth-order valence-corrected chi connectivity index (χ4v) is 8.47. The van der Waals surface area contributed by atoms with Crippen molar-refractivity contribution in [1.82, 2.24) is 9.97 Å². The van der Waals surface area contributed by atoms with Crippen molar-refractivity contribution in [1.29, 1.82) is 0 Å². The molecule has 0 saturated carbocycles. The lowest BCUT2D eigenvalue weighted by molar-refractivity contribution is 0.660. The van der Waals surface area contributed by atoms with Crippen molar-refractivity contribution in [3.8, 4) is 67.3 Å². The van der Waals surface area contributed by atoms with Crippen molar-refractivity contribution in [2.75, 3.05) is 0 Å². The molecule has 10 rings (SSSR count). The number of hydrogen-bond donors (Lipinski definition) is 0. The summed E-state index contributed by atoms with van der Waals surface area (Å²) in [7, 11) is 0. The Kier molecular flexibility index (Phi) is 7.19. The van der Waals surface area contributed by atoms with E-state index in [0.717, 1.165) is 39.3 Å². The highest BCUT2D eigenvalue weighted by Crippen LogP contribution is 2.50. The fraction of sp³-hybridized carbons (Fsp3) is 0.0588. The summed E-state index contributed by atoms with van der Waals surface area (Å²) in [6.07, 6.45) is 0. The quantitative estimate of drug-likeness (QED) is 0.181. The second-order valence-corrected chi connectivity index (χ2v) is 14.5. The van der Waals surface area contributed by atoms with E-state index in [-0.39, 0.29) is 5.41 Å². The van der Waals surface area contributed by atoms with E-state index in [9.17, 15) is 0 Å². The minimum atomic E-state index is -0.0499. The lowest BCUT2D eigenvalue weighted by Crippen LogP contribution is -2.14. The van der Waals surface area contributed by atoms with E-state index in [1.165, 1.54) is 60.7 Å². The Bertz CT molecular complexity index is 2790. The van der Waals surface area contributed by atoms with Gasteiger partial charge in [-0.1, -0.05) is 184 Å². The molecule has 0 atom stereocenters. The minimum absolute atomic E-state index is 0.0499. The van der Waals surface area contributed by atoms with Crippen molar-refractivity contribution in [3.05, 3.63) is 193 Å². The zero-order chi connectivity index (χ0) is 35.5. The molecule has 0 amide bonds. The van der Waals surface area contributed by atoms with Crippen LogP contribution in [0.1, 0.15) is 25.0 Å². The molecule has 1 aromatic heterocycles. The Morgan fingerprint density at radius 1 is 0.321 bits per heavy atom. The van der Waals surface area contributed by atoms with E-state index < -0.39 is 0 Å². The van der Waals surface area contributed by atoms with Gasteiger partial charge in [0, 0.05) is 22.1 Å². The molecule has 0 spiro atoms. The molecule has 0 bridgehead atoms. The number of nitrogens with zero attached hydrogens (tertiary/aromatic N) is 2. The number of hydrogen-bond acceptors (Lipinski definition) is 2. The van der Waals surface area contributed by atoms with Crippen molar-refractivity contribution < 1.29 is 0 Å². The number of rotatable bonds is 5. The Hall–Kier alpha value is -6.64. The summed E-state index contributed by atoms with van der Waals surface area (Å²) < 4.78 is 0. The van der Waals surface area contributed by atoms with Crippen LogP contribution in [0.2, 0.25) is 0 Å². The third-order valence-corrected chi connectivity index (χ3v) is 11.1. The van der Waals surface area contributed by atoms with E-state index >= 15 is 0 Å². The van der Waals surface area contributed by atoms with E-state index in [0.29, 0.717) is 0 Å². The third kappa shape index (κ3) is 5.10. The average molecular weight is 677 g/mol. The molecule has 0 N–H and O–H groups in total. The molecule has 0 fully saturated rings. The van der Waals surface area contributed by atoms with Crippen molar-refractivity contribution >= 4 is 21.5 Å². The second-order valence-electron chi connectivity index (χ2n) is 14.5. The van der Waals surface area contributed by atoms with Crippen LogP contribution in [0.4, 0.5) is 0 Å². The van der Waals surface area contributed by atoms with Crippen LogP contribution >= 0.6 is 0 Å². The van der Waals surface area contributed by atoms with Gasteiger partial charge in [0.25, 0.3) is 0 Å². The standard InChI is InChI=1S/C51H36N2/c1-51(2)46-24-14-13-23-43(46)44-26-25-35(31-47(44)51)36-27-28-41(38-20-10-9-19-37(36)38)42-29-30-45(40-22-12-11-21-39(40)42)49-32-48(33-15-5-3-6-16-33)52-50(53-49)34-17-7-4-8-18-34/h3-32H,1-2H3. The van der Waals surface area contributed by atoms with E-state index in [1.54, 1.807) is 0 Å². The predicted molar refractivity (Wildman–Crippen MR) is 222 cm³/mol. The van der Waals surface area contributed by atoms with Gasteiger partial charge in [-0.3, -0.25) is 0 Å². The summed E-state index contributed by atoms with van der Waals surface area (Å²) in [5, 5.41) is 4.85. The highest BCUT2D eigenvalue weighted by Gasteiger charge is 2.35. The monoisotopic (exact) mass is 676 g/mol. The van der Waals surface area contributed by atoms with Crippen molar-refractivity contribution in [3.63, 3.8) is 0 Å². The lowest BCUT2D eigenvalue weighted by Gasteiger charge is -2.22. The van der Waals surface area contributed by atoms with Crippen LogP contribution in [0.15, 0.2) is 182 Å². The summed E-state index contributed by atoms with van der Waals surface area (Å²) in [5.41, 5.74) is 15.3. The Morgan fingerprint density at radius 3 is 1.47 bits per heavy atom. The Morgan fingerprint density at radius 2 is 0.792 bits per heavy atom. The topological polar surface area (TPSA) is 25.8 Å². The summed E-state index contributed by atoms with van der Waals surface area (Å²) in [4.78, 5) is 10.2. The van der Waals surface area contributed by atoms with E-state index in [2.05, 4.69) is 172 Å². The molecule has 0 aliphatic heterocycles. The molecule has 250 valence electrons. The van der Waals surface area contributed by atoms with Crippen LogP contribution in [-0.2, 0) is 5.41 Å². The van der Waals surface area contributed by atoms with Crippen LogP contribution in [0.3, 0.4) is 0 Å². The normalized spacial score (nSPS) is 12.9. The lowest BCUT2D eigenvalue weighted by atomic mass is 9.81. The van der Waals surface area contributed by atoms with Gasteiger partial charge < -0.3 is 0 Å². The molecule has 9 aromatic rings. The van der Waals surface area contributed by atoms with Gasteiger partial charge in [-0.15, -0.1) is 0 Å². The summed E-state index contributed by atoms with van der Waals surface area (Å²) in [6.45, 7) is 4.70. The van der Waals surface area contributed by atoms with Crippen molar-refractivity contribution in [2.24, 2.45) is 0 Å². The van der Waals surface area contributed by atoms with Gasteiger partial charge in [0.2, 0.25) is 0 Å². The van der Waals surface area contributed by atoms with E-state index in [1.807, 2.05) is 24.3 Å². The second kappa shape index (κ2) is 12.3.